The molecule has 0 aliphatic heterocycles. The Balaban J connectivity index is 2.78. The average Bonchev–Trinajstić information content (AvgIpc) is 2.15. The molecule has 0 aromatic carbocycles. The molecule has 0 N–H and O–H groups in total. The monoisotopic (exact) mass is 186 g/mol. The van der Waals surface area contributed by atoms with Gasteiger partial charge in [-0.1, -0.05) is 25.0 Å². The van der Waals surface area contributed by atoms with Gasteiger partial charge in [-0.05, 0) is 36.8 Å². The van der Waals surface area contributed by atoms with E-state index in [-0.39, 0.29) is 10.7 Å². The van der Waals surface area contributed by atoms with Gasteiger partial charge in [0.05, 0.1) is 0 Å². The van der Waals surface area contributed by atoms with E-state index in [0.29, 0.717) is 6.42 Å². The lowest BCUT2D eigenvalue weighted by atomic mass is 9.86. The van der Waals surface area contributed by atoms with Crippen LogP contribution in [0.25, 0.3) is 0 Å². The van der Waals surface area contributed by atoms with Gasteiger partial charge in [-0.2, -0.15) is 0 Å². The number of allylic oxidation sites excluding steroid dienone is 2. The highest BCUT2D eigenvalue weighted by atomic mass is 35.5. The molecule has 0 aromatic rings. The smallest absolute Gasteiger partial charge is 0.225 e. The molecule has 0 heterocycles. The molecule has 0 radical (unpaired) electrons. The van der Waals surface area contributed by atoms with Crippen molar-refractivity contribution in [1.82, 2.24) is 0 Å². The van der Waals surface area contributed by atoms with E-state index in [0.717, 1.165) is 12.8 Å². The Bertz CT molecular complexity index is 238. The number of hydrogen-bond acceptors (Lipinski definition) is 1. The van der Waals surface area contributed by atoms with Gasteiger partial charge < -0.3 is 0 Å². The van der Waals surface area contributed by atoms with Crippen molar-refractivity contribution in [2.24, 2.45) is 5.41 Å². The first-order chi connectivity index (χ1) is 5.43. The Morgan fingerprint density at radius 1 is 1.58 bits per heavy atom. The lowest BCUT2D eigenvalue weighted by molar-refractivity contribution is -0.111. The van der Waals surface area contributed by atoms with Gasteiger partial charge in [0.1, 0.15) is 0 Å². The quantitative estimate of drug-likeness (QED) is 0.478. The third-order valence-electron chi connectivity index (χ3n) is 2.95. The van der Waals surface area contributed by atoms with Crippen molar-refractivity contribution in [3.8, 4) is 0 Å². The van der Waals surface area contributed by atoms with Crippen molar-refractivity contribution >= 4 is 16.8 Å². The molecule has 1 aliphatic rings. The van der Waals surface area contributed by atoms with Crippen LogP contribution in [0.3, 0.4) is 0 Å². The van der Waals surface area contributed by atoms with Gasteiger partial charge in [0.2, 0.25) is 5.24 Å². The van der Waals surface area contributed by atoms with E-state index in [4.69, 9.17) is 11.6 Å². The summed E-state index contributed by atoms with van der Waals surface area (Å²) in [4.78, 5) is 10.7. The molecule has 0 amide bonds. The summed E-state index contributed by atoms with van der Waals surface area (Å²) in [5, 5.41) is -0.234. The largest absolute Gasteiger partial charge is 0.281 e. The topological polar surface area (TPSA) is 17.1 Å². The molecule has 2 heteroatoms. The van der Waals surface area contributed by atoms with E-state index in [1.165, 1.54) is 11.1 Å². The predicted octanol–water partition coefficient (Wildman–Crippen LogP) is 3.28. The Labute approximate surface area is 78.8 Å². The second kappa shape index (κ2) is 3.21. The van der Waals surface area contributed by atoms with Crippen LogP contribution in [0.15, 0.2) is 11.1 Å². The Morgan fingerprint density at radius 3 is 2.50 bits per heavy atom. The van der Waals surface area contributed by atoms with Crippen LogP contribution in [0.4, 0.5) is 0 Å². The number of carbonyl (C=O) groups excluding carboxylic acids is 1. The first-order valence-electron chi connectivity index (χ1n) is 4.31. The maximum atomic E-state index is 10.7. The Hall–Kier alpha value is -0.300. The fourth-order valence-electron chi connectivity index (χ4n) is 1.71. The van der Waals surface area contributed by atoms with Gasteiger partial charge >= 0.3 is 0 Å². The average molecular weight is 187 g/mol. The van der Waals surface area contributed by atoms with E-state index in [1.807, 2.05) is 0 Å². The number of rotatable bonds is 2. The highest BCUT2D eigenvalue weighted by Gasteiger charge is 2.29. The van der Waals surface area contributed by atoms with Gasteiger partial charge in [-0.15, -0.1) is 0 Å². The molecule has 0 unspecified atom stereocenters. The van der Waals surface area contributed by atoms with Gasteiger partial charge in [0.25, 0.3) is 0 Å². The van der Waals surface area contributed by atoms with Gasteiger partial charge in [-0.25, -0.2) is 0 Å². The molecule has 1 nitrogen and oxygen atoms in total. The second-order valence-corrected chi connectivity index (χ2v) is 4.57. The Morgan fingerprint density at radius 2 is 2.17 bits per heavy atom. The van der Waals surface area contributed by atoms with Crippen LogP contribution in [-0.2, 0) is 4.79 Å². The van der Waals surface area contributed by atoms with Gasteiger partial charge in [-0.3, -0.25) is 4.79 Å². The van der Waals surface area contributed by atoms with Crippen molar-refractivity contribution in [3.63, 3.8) is 0 Å². The summed E-state index contributed by atoms with van der Waals surface area (Å²) in [6, 6.07) is 0. The number of carbonyl (C=O) groups is 1. The summed E-state index contributed by atoms with van der Waals surface area (Å²) in [7, 11) is 0. The van der Waals surface area contributed by atoms with Crippen molar-refractivity contribution in [2.45, 2.75) is 40.0 Å². The SMILES string of the molecule is CC1=C(CC(=O)Cl)CCC1(C)C. The molecule has 0 atom stereocenters. The normalized spacial score (nSPS) is 21.7. The van der Waals surface area contributed by atoms with Crippen LogP contribution >= 0.6 is 11.6 Å². The fourth-order valence-corrected chi connectivity index (χ4v) is 1.87. The summed E-state index contributed by atoms with van der Waals surface area (Å²) < 4.78 is 0. The second-order valence-electron chi connectivity index (χ2n) is 4.14. The van der Waals surface area contributed by atoms with Crippen LogP contribution < -0.4 is 0 Å². The third-order valence-corrected chi connectivity index (χ3v) is 3.08. The minimum atomic E-state index is -0.234. The number of hydrogen-bond donors (Lipinski definition) is 0. The third kappa shape index (κ3) is 1.89. The molecular formula is C10H15ClO. The highest BCUT2D eigenvalue weighted by Crippen LogP contribution is 2.43. The van der Waals surface area contributed by atoms with Crippen LogP contribution in [-0.4, -0.2) is 5.24 Å². The molecule has 0 saturated heterocycles. The summed E-state index contributed by atoms with van der Waals surface area (Å²) in [6.45, 7) is 6.55. The first kappa shape index (κ1) is 9.79. The lowest BCUT2D eigenvalue weighted by Gasteiger charge is -2.19. The summed E-state index contributed by atoms with van der Waals surface area (Å²) in [5.41, 5.74) is 2.89. The zero-order valence-corrected chi connectivity index (χ0v) is 8.66. The van der Waals surface area contributed by atoms with Crippen LogP contribution in [0.2, 0.25) is 0 Å². The van der Waals surface area contributed by atoms with E-state index in [2.05, 4.69) is 20.8 Å². The molecule has 1 rings (SSSR count). The van der Waals surface area contributed by atoms with Crippen molar-refractivity contribution in [2.75, 3.05) is 0 Å². The van der Waals surface area contributed by atoms with E-state index >= 15 is 0 Å². The van der Waals surface area contributed by atoms with Crippen LogP contribution in [0.1, 0.15) is 40.0 Å². The molecular weight excluding hydrogens is 172 g/mol. The molecule has 1 aliphatic carbocycles. The van der Waals surface area contributed by atoms with Gasteiger partial charge in [0, 0.05) is 6.42 Å². The van der Waals surface area contributed by atoms with Crippen molar-refractivity contribution in [3.05, 3.63) is 11.1 Å². The molecule has 68 valence electrons. The first-order valence-corrected chi connectivity index (χ1v) is 4.69. The zero-order chi connectivity index (χ0) is 9.35. The maximum Gasteiger partial charge on any atom is 0.225 e. The molecule has 0 spiro atoms. The lowest BCUT2D eigenvalue weighted by Crippen LogP contribution is -2.07. The maximum absolute atomic E-state index is 10.7. The summed E-state index contributed by atoms with van der Waals surface area (Å²) in [6.07, 6.45) is 2.63. The summed E-state index contributed by atoms with van der Waals surface area (Å²) >= 11 is 5.34. The molecule has 0 bridgehead atoms. The van der Waals surface area contributed by atoms with Gasteiger partial charge in [0.15, 0.2) is 0 Å². The predicted molar refractivity (Wildman–Crippen MR) is 51.2 cm³/mol. The minimum absolute atomic E-state index is 0.234. The fraction of sp³-hybridized carbons (Fsp3) is 0.700. The molecule has 0 aromatic heterocycles. The van der Waals surface area contributed by atoms with E-state index < -0.39 is 0 Å². The standard InChI is InChI=1S/C10H15ClO/c1-7-8(6-9(11)12)4-5-10(7,2)3/h4-6H2,1-3H3. The van der Waals surface area contributed by atoms with Crippen molar-refractivity contribution in [1.29, 1.82) is 0 Å². The van der Waals surface area contributed by atoms with Crippen LogP contribution in [0.5, 0.6) is 0 Å². The van der Waals surface area contributed by atoms with E-state index in [1.54, 1.807) is 0 Å². The minimum Gasteiger partial charge on any atom is -0.281 e. The number of halogens is 1. The zero-order valence-electron chi connectivity index (χ0n) is 7.91. The summed E-state index contributed by atoms with van der Waals surface area (Å²) in [5.74, 6) is 0. The van der Waals surface area contributed by atoms with E-state index in [9.17, 15) is 4.79 Å². The molecule has 12 heavy (non-hydrogen) atoms. The van der Waals surface area contributed by atoms with Crippen LogP contribution in [0, 0.1) is 5.41 Å². The van der Waals surface area contributed by atoms with Crippen molar-refractivity contribution < 1.29 is 4.79 Å². The Kier molecular flexibility index (Phi) is 2.62. The highest BCUT2D eigenvalue weighted by molar-refractivity contribution is 6.63. The molecule has 0 saturated carbocycles. The molecule has 0 fully saturated rings.